The van der Waals surface area contributed by atoms with E-state index >= 15 is 0 Å². The number of hydrogen-bond acceptors (Lipinski definition) is 2. The fourth-order valence-corrected chi connectivity index (χ4v) is 4.74. The van der Waals surface area contributed by atoms with Crippen LogP contribution in [0.5, 0.6) is 0 Å². The van der Waals surface area contributed by atoms with E-state index < -0.39 is 0 Å². The molecule has 146 valence electrons. The van der Waals surface area contributed by atoms with Gasteiger partial charge in [0.1, 0.15) is 6.61 Å². The lowest BCUT2D eigenvalue weighted by Crippen LogP contribution is -2.43. The molecule has 2 bridgehead atoms. The van der Waals surface area contributed by atoms with Gasteiger partial charge < -0.3 is 4.74 Å². The molecule has 1 saturated heterocycles. The van der Waals surface area contributed by atoms with Crippen LogP contribution in [-0.4, -0.2) is 23.1 Å². The van der Waals surface area contributed by atoms with Crippen molar-refractivity contribution in [1.29, 1.82) is 0 Å². The van der Waals surface area contributed by atoms with Crippen LogP contribution >= 0.6 is 0 Å². The van der Waals surface area contributed by atoms with Crippen LogP contribution in [0.2, 0.25) is 0 Å². The average Bonchev–Trinajstić information content (AvgIpc) is 3.03. The van der Waals surface area contributed by atoms with Crippen molar-refractivity contribution in [2.45, 2.75) is 44.4 Å². The van der Waals surface area contributed by atoms with Crippen LogP contribution in [0.15, 0.2) is 84.4 Å². The number of rotatable bonds is 4. The van der Waals surface area contributed by atoms with Gasteiger partial charge in [0, 0.05) is 6.04 Å². The number of carbonyl (C=O) groups excluding carboxylic acids is 1. The maximum atomic E-state index is 12.7. The Balaban J connectivity index is 1.27. The highest BCUT2D eigenvalue weighted by Gasteiger charge is 2.40. The van der Waals surface area contributed by atoms with E-state index in [9.17, 15) is 4.79 Å². The van der Waals surface area contributed by atoms with Gasteiger partial charge in [0.15, 0.2) is 0 Å². The van der Waals surface area contributed by atoms with E-state index in [1.165, 1.54) is 21.9 Å². The molecule has 1 amide bonds. The summed E-state index contributed by atoms with van der Waals surface area (Å²) in [7, 11) is 0. The zero-order valence-electron chi connectivity index (χ0n) is 16.5. The van der Waals surface area contributed by atoms with Gasteiger partial charge in [-0.15, -0.1) is 0 Å². The lowest BCUT2D eigenvalue weighted by Gasteiger charge is -2.33. The van der Waals surface area contributed by atoms with Crippen molar-refractivity contribution in [2.24, 2.45) is 0 Å². The maximum absolute atomic E-state index is 12.7. The first-order chi connectivity index (χ1) is 14.3. The molecule has 2 heterocycles. The SMILES string of the molecule is O=C(OCc1ccccc1)N1C2C=C(Cc3ccc4ccccc4c3)CC1CC2. The second kappa shape index (κ2) is 7.75. The highest BCUT2D eigenvalue weighted by atomic mass is 16.6. The van der Waals surface area contributed by atoms with Crippen LogP contribution in [0.25, 0.3) is 10.8 Å². The van der Waals surface area contributed by atoms with Gasteiger partial charge in [-0.3, -0.25) is 4.90 Å². The maximum Gasteiger partial charge on any atom is 0.410 e. The first-order valence-electron chi connectivity index (χ1n) is 10.4. The van der Waals surface area contributed by atoms with Crippen molar-refractivity contribution in [3.63, 3.8) is 0 Å². The largest absolute Gasteiger partial charge is 0.445 e. The average molecular weight is 383 g/mol. The van der Waals surface area contributed by atoms with Crippen LogP contribution in [0.4, 0.5) is 4.79 Å². The van der Waals surface area contributed by atoms with Crippen molar-refractivity contribution in [1.82, 2.24) is 4.90 Å². The summed E-state index contributed by atoms with van der Waals surface area (Å²) in [6.07, 6.45) is 6.13. The van der Waals surface area contributed by atoms with E-state index in [4.69, 9.17) is 4.74 Å². The molecule has 0 N–H and O–H groups in total. The minimum absolute atomic E-state index is 0.174. The molecule has 0 spiro atoms. The molecule has 5 rings (SSSR count). The summed E-state index contributed by atoms with van der Waals surface area (Å²) in [4.78, 5) is 14.7. The van der Waals surface area contributed by atoms with Crippen LogP contribution in [0.3, 0.4) is 0 Å². The molecule has 0 saturated carbocycles. The van der Waals surface area contributed by atoms with E-state index in [0.717, 1.165) is 31.2 Å². The zero-order chi connectivity index (χ0) is 19.6. The van der Waals surface area contributed by atoms with Crippen molar-refractivity contribution in [3.05, 3.63) is 95.6 Å². The van der Waals surface area contributed by atoms with Gasteiger partial charge in [0.25, 0.3) is 0 Å². The predicted molar refractivity (Wildman–Crippen MR) is 116 cm³/mol. The highest BCUT2D eigenvalue weighted by molar-refractivity contribution is 5.83. The topological polar surface area (TPSA) is 29.5 Å². The quantitative estimate of drug-likeness (QED) is 0.526. The summed E-state index contributed by atoms with van der Waals surface area (Å²) >= 11 is 0. The van der Waals surface area contributed by atoms with Crippen LogP contribution in [-0.2, 0) is 17.8 Å². The number of amides is 1. The van der Waals surface area contributed by atoms with Gasteiger partial charge in [-0.05, 0) is 47.6 Å². The molecular weight excluding hydrogens is 358 g/mol. The van der Waals surface area contributed by atoms with Crippen molar-refractivity contribution >= 4 is 16.9 Å². The summed E-state index contributed by atoms with van der Waals surface area (Å²) in [6.45, 7) is 0.337. The molecule has 0 aliphatic carbocycles. The van der Waals surface area contributed by atoms with E-state index in [1.807, 2.05) is 35.2 Å². The molecule has 3 nitrogen and oxygen atoms in total. The molecule has 2 aliphatic rings. The molecule has 0 radical (unpaired) electrons. The monoisotopic (exact) mass is 383 g/mol. The Bertz CT molecular complexity index is 1060. The Hall–Kier alpha value is -3.07. The van der Waals surface area contributed by atoms with Crippen LogP contribution in [0.1, 0.15) is 30.4 Å². The Labute approximate surface area is 171 Å². The number of benzene rings is 3. The lowest BCUT2D eigenvalue weighted by atomic mass is 9.94. The van der Waals surface area contributed by atoms with Crippen molar-refractivity contribution in [2.75, 3.05) is 0 Å². The normalized spacial score (nSPS) is 20.6. The molecule has 2 atom stereocenters. The number of nitrogens with zero attached hydrogens (tertiary/aromatic N) is 1. The number of hydrogen-bond donors (Lipinski definition) is 0. The molecule has 3 heteroatoms. The fourth-order valence-electron chi connectivity index (χ4n) is 4.74. The summed E-state index contributed by atoms with van der Waals surface area (Å²) in [6, 6.07) is 25.5. The minimum Gasteiger partial charge on any atom is -0.445 e. The second-order valence-corrected chi connectivity index (χ2v) is 8.13. The van der Waals surface area contributed by atoms with Gasteiger partial charge >= 0.3 is 6.09 Å². The molecule has 2 unspecified atom stereocenters. The summed E-state index contributed by atoms with van der Waals surface area (Å²) in [5.74, 6) is 0. The molecule has 0 aromatic heterocycles. The number of fused-ring (bicyclic) bond motifs is 3. The third-order valence-electron chi connectivity index (χ3n) is 6.13. The van der Waals surface area contributed by atoms with E-state index in [0.29, 0.717) is 6.61 Å². The molecule has 3 aromatic rings. The third kappa shape index (κ3) is 3.77. The zero-order valence-corrected chi connectivity index (χ0v) is 16.5. The van der Waals surface area contributed by atoms with E-state index in [1.54, 1.807) is 0 Å². The van der Waals surface area contributed by atoms with Gasteiger partial charge in [-0.2, -0.15) is 0 Å². The predicted octanol–water partition coefficient (Wildman–Crippen LogP) is 5.88. The highest BCUT2D eigenvalue weighted by Crippen LogP contribution is 2.36. The van der Waals surface area contributed by atoms with Crippen molar-refractivity contribution in [3.8, 4) is 0 Å². The second-order valence-electron chi connectivity index (χ2n) is 8.13. The van der Waals surface area contributed by atoms with Gasteiger partial charge in [-0.1, -0.05) is 84.4 Å². The van der Waals surface area contributed by atoms with Crippen molar-refractivity contribution < 1.29 is 9.53 Å². The van der Waals surface area contributed by atoms with Gasteiger partial charge in [0.2, 0.25) is 0 Å². The van der Waals surface area contributed by atoms with Crippen LogP contribution in [0, 0.1) is 0 Å². The first-order valence-corrected chi connectivity index (χ1v) is 10.4. The summed E-state index contributed by atoms with van der Waals surface area (Å²) < 4.78 is 5.61. The summed E-state index contributed by atoms with van der Waals surface area (Å²) in [5.41, 5.74) is 3.81. The molecule has 2 aliphatic heterocycles. The van der Waals surface area contributed by atoms with Gasteiger partial charge in [0.05, 0.1) is 6.04 Å². The molecule has 3 aromatic carbocycles. The minimum atomic E-state index is -0.178. The Morgan fingerprint density at radius 2 is 1.69 bits per heavy atom. The molecular formula is C26H25NO2. The standard InChI is InChI=1S/C26H25NO2/c28-26(29-18-19-6-2-1-3-7-19)27-24-12-13-25(27)17-21(16-24)14-20-10-11-22-8-4-5-9-23(22)15-20/h1-11,15-16,24-25H,12-14,17-18H2. The number of ether oxygens (including phenoxy) is 1. The van der Waals surface area contributed by atoms with Crippen LogP contribution < -0.4 is 0 Å². The smallest absolute Gasteiger partial charge is 0.410 e. The molecule has 1 fully saturated rings. The lowest BCUT2D eigenvalue weighted by molar-refractivity contribution is 0.0816. The molecule has 29 heavy (non-hydrogen) atoms. The Kier molecular flexibility index (Phi) is 4.81. The first kappa shape index (κ1) is 18.0. The van der Waals surface area contributed by atoms with E-state index in [-0.39, 0.29) is 18.2 Å². The third-order valence-corrected chi connectivity index (χ3v) is 6.13. The van der Waals surface area contributed by atoms with Gasteiger partial charge in [-0.25, -0.2) is 4.79 Å². The fraction of sp³-hybridized carbons (Fsp3) is 0.269. The van der Waals surface area contributed by atoms with E-state index in [2.05, 4.69) is 48.5 Å². The Morgan fingerprint density at radius 3 is 2.52 bits per heavy atom. The Morgan fingerprint density at radius 1 is 0.897 bits per heavy atom. The number of carbonyl (C=O) groups is 1. The summed E-state index contributed by atoms with van der Waals surface area (Å²) in [5, 5.41) is 2.57.